The highest BCUT2D eigenvalue weighted by Crippen LogP contribution is 2.21. The number of hydrogen-bond donors (Lipinski definition) is 2. The number of piperazine rings is 1. The maximum atomic E-state index is 14.2. The molecule has 2 aliphatic rings. The molecule has 0 spiro atoms. The quantitative estimate of drug-likeness (QED) is 0.690. The number of alkyl halides is 1. The summed E-state index contributed by atoms with van der Waals surface area (Å²) in [5, 5.41) is 5.80. The van der Waals surface area contributed by atoms with Gasteiger partial charge in [0.1, 0.15) is 17.8 Å². The predicted molar refractivity (Wildman–Crippen MR) is 125 cm³/mol. The third-order valence-corrected chi connectivity index (χ3v) is 5.73. The number of rotatable bonds is 6. The zero-order valence-electron chi connectivity index (χ0n) is 19.2. The summed E-state index contributed by atoms with van der Waals surface area (Å²) in [6, 6.07) is 3.19. The Balaban J connectivity index is 1.52. The topological polar surface area (TPSA) is 99.2 Å². The molecule has 10 heteroatoms. The number of halogens is 1. The van der Waals surface area contributed by atoms with Crippen LogP contribution in [-0.4, -0.2) is 70.1 Å². The second kappa shape index (κ2) is 10.0. The van der Waals surface area contributed by atoms with Crippen LogP contribution in [0.3, 0.4) is 0 Å². The van der Waals surface area contributed by atoms with Crippen LogP contribution in [0.2, 0.25) is 0 Å². The van der Waals surface area contributed by atoms with Crippen LogP contribution in [-0.2, 0) is 6.42 Å². The molecule has 1 amide bonds. The number of allylic oxidation sites excluding steroid dienone is 4. The average Bonchev–Trinajstić information content (AvgIpc) is 2.82. The first-order valence-corrected chi connectivity index (χ1v) is 11.2. The van der Waals surface area contributed by atoms with Gasteiger partial charge in [-0.1, -0.05) is 19.1 Å². The highest BCUT2D eigenvalue weighted by molar-refractivity contribution is 5.96. The summed E-state index contributed by atoms with van der Waals surface area (Å²) in [6.07, 6.45) is 4.81. The summed E-state index contributed by atoms with van der Waals surface area (Å²) in [6.45, 7) is 7.35. The zero-order chi connectivity index (χ0) is 23.4. The monoisotopic (exact) mass is 452 g/mol. The Kier molecular flexibility index (Phi) is 6.93. The maximum Gasteiger partial charge on any atom is 0.255 e. The fourth-order valence-corrected chi connectivity index (χ4v) is 3.71. The van der Waals surface area contributed by atoms with E-state index in [9.17, 15) is 9.18 Å². The molecule has 1 saturated heterocycles. The molecule has 0 radical (unpaired) electrons. The van der Waals surface area contributed by atoms with Crippen LogP contribution in [0.15, 0.2) is 41.8 Å². The molecule has 1 unspecified atom stereocenters. The zero-order valence-corrected chi connectivity index (χ0v) is 19.2. The van der Waals surface area contributed by atoms with Gasteiger partial charge in [0.15, 0.2) is 0 Å². The van der Waals surface area contributed by atoms with Crippen molar-refractivity contribution in [3.63, 3.8) is 0 Å². The third kappa shape index (κ3) is 5.51. The van der Waals surface area contributed by atoms with E-state index in [4.69, 9.17) is 0 Å². The van der Waals surface area contributed by atoms with Crippen LogP contribution in [0, 0.1) is 0 Å². The molecule has 1 aliphatic heterocycles. The molecule has 0 bridgehead atoms. The van der Waals surface area contributed by atoms with Crippen LogP contribution < -0.4 is 15.5 Å². The number of anilines is 3. The van der Waals surface area contributed by atoms with Gasteiger partial charge in [-0.15, -0.1) is 0 Å². The van der Waals surface area contributed by atoms with Crippen molar-refractivity contribution in [2.24, 2.45) is 0 Å². The molecule has 0 saturated carbocycles. The van der Waals surface area contributed by atoms with E-state index in [1.165, 1.54) is 6.20 Å². The van der Waals surface area contributed by atoms with Gasteiger partial charge in [0.25, 0.3) is 5.91 Å². The minimum Gasteiger partial charge on any atom is -0.338 e. The number of nitrogens with zero attached hydrogens (tertiary/aromatic N) is 6. The normalized spacial score (nSPS) is 19.0. The Hall–Kier alpha value is -3.40. The Labute approximate surface area is 192 Å². The second-order valence-electron chi connectivity index (χ2n) is 8.23. The summed E-state index contributed by atoms with van der Waals surface area (Å²) < 4.78 is 14.2. The molecular weight excluding hydrogens is 423 g/mol. The molecule has 174 valence electrons. The van der Waals surface area contributed by atoms with Crippen molar-refractivity contribution in [2.75, 3.05) is 43.4 Å². The standard InChI is InChI=1S/C23H29FN8O/c1-4-18-26-22(30-23(28-18)32-12-10-31(3)11-13-32)27-19-14-16(8-9-25-19)21(33)29-20-15(2)6-5-7-17(20)24/h5-6,8-9,14,17H,4,7,10-13H2,1-3H3,(H,29,33)(H,25,26,27,28,30). The van der Waals surface area contributed by atoms with Crippen molar-refractivity contribution < 1.29 is 9.18 Å². The summed E-state index contributed by atoms with van der Waals surface area (Å²) in [5.41, 5.74) is 1.37. The van der Waals surface area contributed by atoms with E-state index in [1.54, 1.807) is 25.1 Å². The summed E-state index contributed by atoms with van der Waals surface area (Å²) >= 11 is 0. The molecule has 4 rings (SSSR count). The molecule has 2 N–H and O–H groups in total. The molecular formula is C23H29FN8O. The number of aryl methyl sites for hydroxylation is 1. The molecule has 3 heterocycles. The highest BCUT2D eigenvalue weighted by atomic mass is 19.1. The van der Waals surface area contributed by atoms with Crippen molar-refractivity contribution >= 4 is 23.6 Å². The fourth-order valence-electron chi connectivity index (χ4n) is 3.71. The number of nitrogens with one attached hydrogen (secondary N) is 2. The van der Waals surface area contributed by atoms with Gasteiger partial charge in [-0.25, -0.2) is 9.37 Å². The van der Waals surface area contributed by atoms with Crippen LogP contribution in [0.4, 0.5) is 22.1 Å². The van der Waals surface area contributed by atoms with Gasteiger partial charge in [0, 0.05) is 50.8 Å². The van der Waals surface area contributed by atoms with Crippen LogP contribution >= 0.6 is 0 Å². The van der Waals surface area contributed by atoms with E-state index in [0.717, 1.165) is 26.2 Å². The summed E-state index contributed by atoms with van der Waals surface area (Å²) in [5.74, 6) is 1.72. The largest absolute Gasteiger partial charge is 0.338 e. The minimum atomic E-state index is -1.22. The molecule has 1 fully saturated rings. The van der Waals surface area contributed by atoms with Crippen molar-refractivity contribution in [1.82, 2.24) is 30.2 Å². The van der Waals surface area contributed by atoms with Crippen molar-refractivity contribution in [3.8, 4) is 0 Å². The second-order valence-corrected chi connectivity index (χ2v) is 8.23. The van der Waals surface area contributed by atoms with Crippen LogP contribution in [0.1, 0.15) is 36.5 Å². The molecule has 2 aromatic rings. The first-order valence-electron chi connectivity index (χ1n) is 11.2. The summed E-state index contributed by atoms with van der Waals surface area (Å²) in [7, 11) is 2.10. The van der Waals surface area contributed by atoms with Crippen molar-refractivity contribution in [3.05, 3.63) is 53.1 Å². The number of aromatic nitrogens is 4. The van der Waals surface area contributed by atoms with Crippen molar-refractivity contribution in [1.29, 1.82) is 0 Å². The molecule has 0 aromatic carbocycles. The maximum absolute atomic E-state index is 14.2. The first-order chi connectivity index (χ1) is 15.9. The van der Waals surface area contributed by atoms with Crippen LogP contribution in [0.25, 0.3) is 0 Å². The number of carbonyl (C=O) groups excluding carboxylic acids is 1. The van der Waals surface area contributed by atoms with E-state index < -0.39 is 12.1 Å². The lowest BCUT2D eigenvalue weighted by atomic mass is 10.0. The highest BCUT2D eigenvalue weighted by Gasteiger charge is 2.21. The van der Waals surface area contributed by atoms with E-state index in [0.29, 0.717) is 46.8 Å². The smallest absolute Gasteiger partial charge is 0.255 e. The van der Waals surface area contributed by atoms with E-state index in [1.807, 2.05) is 13.0 Å². The molecule has 9 nitrogen and oxygen atoms in total. The third-order valence-electron chi connectivity index (χ3n) is 5.73. The van der Waals surface area contributed by atoms with Gasteiger partial charge in [0.2, 0.25) is 11.9 Å². The number of pyridine rings is 1. The van der Waals surface area contributed by atoms with Gasteiger partial charge in [-0.3, -0.25) is 4.79 Å². The lowest BCUT2D eigenvalue weighted by Gasteiger charge is -2.32. The minimum absolute atomic E-state index is 0.255. The molecule has 33 heavy (non-hydrogen) atoms. The van der Waals surface area contributed by atoms with E-state index >= 15 is 0 Å². The van der Waals surface area contributed by atoms with Crippen molar-refractivity contribution in [2.45, 2.75) is 32.9 Å². The Bertz CT molecular complexity index is 1080. The Morgan fingerprint density at radius 1 is 1.21 bits per heavy atom. The number of amides is 1. The van der Waals surface area contributed by atoms with Gasteiger partial charge in [-0.05, 0) is 31.7 Å². The lowest BCUT2D eigenvalue weighted by molar-refractivity contribution is 0.0958. The molecule has 1 atom stereocenters. The van der Waals surface area contributed by atoms with Crippen LogP contribution in [0.5, 0.6) is 0 Å². The van der Waals surface area contributed by atoms with Gasteiger partial charge >= 0.3 is 0 Å². The van der Waals surface area contributed by atoms with E-state index in [-0.39, 0.29) is 6.42 Å². The SMILES string of the molecule is CCc1nc(Nc2cc(C(=O)NC3=C(C)C=CCC3F)ccn2)nc(N2CCN(C)CC2)n1. The molecule has 1 aliphatic carbocycles. The van der Waals surface area contributed by atoms with Gasteiger partial charge in [0.05, 0.1) is 5.70 Å². The molecule has 2 aromatic heterocycles. The Morgan fingerprint density at radius 3 is 2.73 bits per heavy atom. The summed E-state index contributed by atoms with van der Waals surface area (Å²) in [4.78, 5) is 35.1. The predicted octanol–water partition coefficient (Wildman–Crippen LogP) is 2.63. The van der Waals surface area contributed by atoms with E-state index in [2.05, 4.69) is 47.4 Å². The average molecular weight is 453 g/mol. The fraction of sp³-hybridized carbons (Fsp3) is 0.435. The number of carbonyl (C=O) groups is 1. The lowest BCUT2D eigenvalue weighted by Crippen LogP contribution is -2.45. The Morgan fingerprint density at radius 2 is 2.00 bits per heavy atom. The van der Waals surface area contributed by atoms with Gasteiger partial charge < -0.3 is 20.4 Å². The first kappa shape index (κ1) is 22.8. The number of likely N-dealkylation sites (N-methyl/N-ethyl adjacent to an activating group) is 1. The van der Waals surface area contributed by atoms with Gasteiger partial charge in [-0.2, -0.15) is 15.0 Å². The number of hydrogen-bond acceptors (Lipinski definition) is 8.